The first-order valence-corrected chi connectivity index (χ1v) is 12.4. The number of hydrogen-bond acceptors (Lipinski definition) is 5. The van der Waals surface area contributed by atoms with Gasteiger partial charge in [-0.25, -0.2) is 4.79 Å². The van der Waals surface area contributed by atoms with E-state index < -0.39 is 23.3 Å². The molecular formula is C28H40N2O5. The predicted molar refractivity (Wildman–Crippen MR) is 136 cm³/mol. The lowest BCUT2D eigenvalue weighted by atomic mass is 10.0. The summed E-state index contributed by atoms with van der Waals surface area (Å²) in [6, 6.07) is 6.86. The van der Waals surface area contributed by atoms with Crippen molar-refractivity contribution >= 4 is 18.0 Å². The Balaban J connectivity index is 2.07. The first kappa shape index (κ1) is 28.2. The van der Waals surface area contributed by atoms with Crippen molar-refractivity contribution in [1.82, 2.24) is 10.2 Å². The number of esters is 1. The molecule has 0 unspecified atom stereocenters. The third-order valence-corrected chi connectivity index (χ3v) is 5.13. The lowest BCUT2D eigenvalue weighted by molar-refractivity contribution is -0.154. The number of nitrogens with zero attached hydrogens (tertiary/aromatic N) is 1. The molecule has 1 heterocycles. The zero-order valence-corrected chi connectivity index (χ0v) is 22.0. The topological polar surface area (TPSA) is 84.9 Å². The van der Waals surface area contributed by atoms with Gasteiger partial charge < -0.3 is 19.7 Å². The fraction of sp³-hybridized carbons (Fsp3) is 0.607. The summed E-state index contributed by atoms with van der Waals surface area (Å²) in [5, 5.41) is 2.78. The molecular weight excluding hydrogens is 444 g/mol. The molecule has 0 aromatic heterocycles. The lowest BCUT2D eigenvalue weighted by Gasteiger charge is -2.31. The third kappa shape index (κ3) is 11.3. The molecule has 1 aromatic carbocycles. The summed E-state index contributed by atoms with van der Waals surface area (Å²) in [6.45, 7) is 12.3. The Morgan fingerprint density at radius 3 is 2.29 bits per heavy atom. The molecule has 1 N–H and O–H groups in total. The van der Waals surface area contributed by atoms with Gasteiger partial charge in [0.1, 0.15) is 17.2 Å². The molecule has 0 spiro atoms. The average molecular weight is 485 g/mol. The number of rotatable bonds is 6. The van der Waals surface area contributed by atoms with Crippen LogP contribution >= 0.6 is 0 Å². The Labute approximate surface area is 209 Å². The Morgan fingerprint density at radius 2 is 1.66 bits per heavy atom. The number of carbonyl (C=O) groups excluding carboxylic acids is 3. The summed E-state index contributed by atoms with van der Waals surface area (Å²) < 4.78 is 10.7. The van der Waals surface area contributed by atoms with Crippen LogP contribution in [0.4, 0.5) is 4.79 Å². The van der Waals surface area contributed by atoms with Crippen LogP contribution < -0.4 is 5.32 Å². The van der Waals surface area contributed by atoms with Gasteiger partial charge in [-0.3, -0.25) is 9.59 Å². The van der Waals surface area contributed by atoms with Crippen molar-refractivity contribution < 1.29 is 23.9 Å². The van der Waals surface area contributed by atoms with Crippen LogP contribution in [0.15, 0.2) is 24.3 Å². The third-order valence-electron chi connectivity index (χ3n) is 5.13. The Hall–Kier alpha value is -3.01. The highest BCUT2D eigenvalue weighted by Gasteiger charge is 2.29. The van der Waals surface area contributed by atoms with Gasteiger partial charge in [0.15, 0.2) is 0 Å². The first-order valence-electron chi connectivity index (χ1n) is 12.4. The minimum absolute atomic E-state index is 0.0931. The van der Waals surface area contributed by atoms with Crippen LogP contribution in [0.5, 0.6) is 0 Å². The van der Waals surface area contributed by atoms with Gasteiger partial charge in [-0.1, -0.05) is 24.0 Å². The summed E-state index contributed by atoms with van der Waals surface area (Å²) in [5.41, 5.74) is 0.509. The fourth-order valence-corrected chi connectivity index (χ4v) is 3.72. The van der Waals surface area contributed by atoms with Crippen LogP contribution in [0.3, 0.4) is 0 Å². The van der Waals surface area contributed by atoms with Crippen molar-refractivity contribution in [2.45, 2.75) is 97.3 Å². The van der Waals surface area contributed by atoms with Crippen molar-refractivity contribution in [3.8, 4) is 11.8 Å². The standard InChI is InChI=1S/C28H40N2O5/c1-27(2,3)34-24(31)16-9-8-13-21-14-12-15-22(19-21)20-23(29-26(33)35-28(4,5)6)25(32)30-17-10-7-11-18-30/h12,14-15,19,23H,7,9-11,16-18,20H2,1-6H3,(H,29,33)/t23-/m0/s1. The summed E-state index contributed by atoms with van der Waals surface area (Å²) in [6.07, 6.45) is 3.42. The number of benzene rings is 1. The molecule has 0 bridgehead atoms. The normalized spacial score (nSPS) is 14.9. The van der Waals surface area contributed by atoms with E-state index in [4.69, 9.17) is 9.47 Å². The van der Waals surface area contributed by atoms with E-state index in [-0.39, 0.29) is 18.3 Å². The molecule has 1 atom stereocenters. The highest BCUT2D eigenvalue weighted by atomic mass is 16.6. The minimum atomic E-state index is -0.724. The second-order valence-electron chi connectivity index (χ2n) is 10.9. The molecule has 192 valence electrons. The highest BCUT2D eigenvalue weighted by Crippen LogP contribution is 2.15. The second-order valence-corrected chi connectivity index (χ2v) is 10.9. The molecule has 0 saturated carbocycles. The number of carbonyl (C=O) groups is 3. The summed E-state index contributed by atoms with van der Waals surface area (Å²) in [5.74, 6) is 5.73. The number of nitrogens with one attached hydrogen (secondary N) is 1. The molecule has 7 nitrogen and oxygen atoms in total. The van der Waals surface area contributed by atoms with E-state index in [9.17, 15) is 14.4 Å². The first-order chi connectivity index (χ1) is 16.3. The largest absolute Gasteiger partial charge is 0.460 e. The summed E-state index contributed by atoms with van der Waals surface area (Å²) >= 11 is 0. The number of likely N-dealkylation sites (tertiary alicyclic amines) is 1. The van der Waals surface area contributed by atoms with Crippen molar-refractivity contribution in [2.75, 3.05) is 13.1 Å². The predicted octanol–water partition coefficient (Wildman–Crippen LogP) is 4.61. The molecule has 1 aromatic rings. The highest BCUT2D eigenvalue weighted by molar-refractivity contribution is 5.86. The van der Waals surface area contributed by atoms with Gasteiger partial charge in [-0.2, -0.15) is 0 Å². The smallest absolute Gasteiger partial charge is 0.408 e. The molecule has 1 saturated heterocycles. The van der Waals surface area contributed by atoms with E-state index in [1.807, 2.05) is 49.9 Å². The Bertz CT molecular complexity index is 941. The number of piperidine rings is 1. The van der Waals surface area contributed by atoms with Gasteiger partial charge in [0.05, 0.1) is 6.42 Å². The van der Waals surface area contributed by atoms with Crippen LogP contribution in [-0.4, -0.2) is 53.2 Å². The molecule has 0 aliphatic carbocycles. The Kier molecular flexibility index (Phi) is 10.2. The number of ether oxygens (including phenoxy) is 2. The molecule has 2 amide bonds. The van der Waals surface area contributed by atoms with E-state index in [0.717, 1.165) is 30.4 Å². The van der Waals surface area contributed by atoms with Gasteiger partial charge in [0, 0.05) is 31.5 Å². The molecule has 2 rings (SSSR count). The fourth-order valence-electron chi connectivity index (χ4n) is 3.72. The Morgan fingerprint density at radius 1 is 1.00 bits per heavy atom. The average Bonchev–Trinajstić information content (AvgIpc) is 2.74. The van der Waals surface area contributed by atoms with Gasteiger partial charge in [-0.15, -0.1) is 0 Å². The molecule has 1 aliphatic rings. The van der Waals surface area contributed by atoms with Crippen molar-refractivity contribution in [2.24, 2.45) is 0 Å². The maximum atomic E-state index is 13.2. The molecule has 0 radical (unpaired) electrons. The molecule has 1 aliphatic heterocycles. The zero-order valence-electron chi connectivity index (χ0n) is 22.0. The minimum Gasteiger partial charge on any atom is -0.460 e. The van der Waals surface area contributed by atoms with E-state index in [1.165, 1.54) is 0 Å². The van der Waals surface area contributed by atoms with Crippen LogP contribution in [0.1, 0.15) is 84.8 Å². The summed E-state index contributed by atoms with van der Waals surface area (Å²) in [4.78, 5) is 39.4. The van der Waals surface area contributed by atoms with Crippen LogP contribution in [0.2, 0.25) is 0 Å². The van der Waals surface area contributed by atoms with E-state index in [0.29, 0.717) is 25.9 Å². The van der Waals surface area contributed by atoms with Gasteiger partial charge in [0.2, 0.25) is 5.91 Å². The zero-order chi connectivity index (χ0) is 26.1. The number of alkyl carbamates (subject to hydrolysis) is 1. The van der Waals surface area contributed by atoms with Crippen molar-refractivity contribution in [1.29, 1.82) is 0 Å². The monoisotopic (exact) mass is 484 g/mol. The van der Waals surface area contributed by atoms with Crippen molar-refractivity contribution in [3.05, 3.63) is 35.4 Å². The van der Waals surface area contributed by atoms with Crippen LogP contribution in [-0.2, 0) is 25.5 Å². The molecule has 1 fully saturated rings. The number of hydrogen-bond donors (Lipinski definition) is 1. The maximum Gasteiger partial charge on any atom is 0.408 e. The number of amides is 2. The van der Waals surface area contributed by atoms with Gasteiger partial charge in [-0.05, 0) is 78.5 Å². The van der Waals surface area contributed by atoms with Gasteiger partial charge >= 0.3 is 12.1 Å². The maximum absolute atomic E-state index is 13.2. The van der Waals surface area contributed by atoms with E-state index in [1.54, 1.807) is 20.8 Å². The van der Waals surface area contributed by atoms with E-state index in [2.05, 4.69) is 17.2 Å². The second kappa shape index (κ2) is 12.6. The lowest BCUT2D eigenvalue weighted by Crippen LogP contribution is -2.51. The van der Waals surface area contributed by atoms with Crippen LogP contribution in [0.25, 0.3) is 0 Å². The SMILES string of the molecule is CC(C)(C)OC(=O)CCC#Cc1cccc(C[C@H](NC(=O)OC(C)(C)C)C(=O)N2CCCCC2)c1. The van der Waals surface area contributed by atoms with Crippen LogP contribution in [0, 0.1) is 11.8 Å². The van der Waals surface area contributed by atoms with Crippen molar-refractivity contribution in [3.63, 3.8) is 0 Å². The quantitative estimate of drug-likeness (QED) is 0.471. The molecule has 35 heavy (non-hydrogen) atoms. The molecule has 7 heteroatoms. The van der Waals surface area contributed by atoms with Gasteiger partial charge in [0.25, 0.3) is 0 Å². The summed E-state index contributed by atoms with van der Waals surface area (Å²) in [7, 11) is 0. The van der Waals surface area contributed by atoms with E-state index >= 15 is 0 Å².